The number of hydrogen-bond acceptors (Lipinski definition) is 4. The summed E-state index contributed by atoms with van der Waals surface area (Å²) in [5.41, 5.74) is 3.89. The standard InChI is InChI=1S/C22H28N4O/c1-5-27-15-6-7-17-16(8-15)18-19(25-17)20(24-13-23-18)26-12-22(4)10-14(26)9-21(2,3)11-22/h6-8,13-14,25H,5,9-12H2,1-4H3/t14-,22+/m1/s1. The Balaban J connectivity index is 1.63. The van der Waals surface area contributed by atoms with Gasteiger partial charge in [-0.1, -0.05) is 20.8 Å². The molecule has 1 aliphatic carbocycles. The summed E-state index contributed by atoms with van der Waals surface area (Å²) in [4.78, 5) is 15.5. The number of anilines is 1. The van der Waals surface area contributed by atoms with Crippen LogP contribution in [0.3, 0.4) is 0 Å². The number of hydrogen-bond donors (Lipinski definition) is 1. The number of aromatic nitrogens is 3. The van der Waals surface area contributed by atoms with E-state index in [2.05, 4.69) is 47.8 Å². The van der Waals surface area contributed by atoms with Crippen LogP contribution in [0.4, 0.5) is 5.82 Å². The molecular formula is C22H28N4O. The van der Waals surface area contributed by atoms with Crippen molar-refractivity contribution in [3.63, 3.8) is 0 Å². The van der Waals surface area contributed by atoms with Crippen LogP contribution in [0.1, 0.15) is 47.0 Å². The van der Waals surface area contributed by atoms with E-state index in [4.69, 9.17) is 9.72 Å². The molecule has 3 aromatic rings. The second kappa shape index (κ2) is 5.60. The highest BCUT2D eigenvalue weighted by Gasteiger charge is 2.50. The van der Waals surface area contributed by atoms with Crippen LogP contribution in [0.15, 0.2) is 24.5 Å². The molecule has 0 amide bonds. The Morgan fingerprint density at radius 1 is 1.22 bits per heavy atom. The van der Waals surface area contributed by atoms with E-state index in [-0.39, 0.29) is 0 Å². The lowest BCUT2D eigenvalue weighted by atomic mass is 9.65. The predicted octanol–water partition coefficient (Wildman–Crippen LogP) is 4.91. The van der Waals surface area contributed by atoms with Gasteiger partial charge in [0.25, 0.3) is 0 Å². The second-order valence-corrected chi connectivity index (χ2v) is 9.53. The minimum absolute atomic E-state index is 0.373. The highest BCUT2D eigenvalue weighted by Crippen LogP contribution is 2.53. The van der Waals surface area contributed by atoms with Crippen molar-refractivity contribution in [2.45, 2.75) is 53.0 Å². The van der Waals surface area contributed by atoms with Gasteiger partial charge in [-0.25, -0.2) is 9.97 Å². The van der Waals surface area contributed by atoms with E-state index >= 15 is 0 Å². The Morgan fingerprint density at radius 3 is 2.89 bits per heavy atom. The summed E-state index contributed by atoms with van der Waals surface area (Å²) >= 11 is 0. The largest absolute Gasteiger partial charge is 0.494 e. The van der Waals surface area contributed by atoms with Crippen molar-refractivity contribution in [3.8, 4) is 5.75 Å². The van der Waals surface area contributed by atoms with E-state index in [9.17, 15) is 0 Å². The van der Waals surface area contributed by atoms with Gasteiger partial charge < -0.3 is 14.6 Å². The van der Waals surface area contributed by atoms with Crippen LogP contribution < -0.4 is 9.64 Å². The molecule has 142 valence electrons. The molecule has 3 heterocycles. The smallest absolute Gasteiger partial charge is 0.156 e. The molecule has 0 radical (unpaired) electrons. The maximum absolute atomic E-state index is 5.69. The van der Waals surface area contributed by atoms with Crippen LogP contribution in [-0.2, 0) is 0 Å². The quantitative estimate of drug-likeness (QED) is 0.717. The maximum atomic E-state index is 5.69. The summed E-state index contributed by atoms with van der Waals surface area (Å²) in [5.74, 6) is 1.94. The zero-order valence-corrected chi connectivity index (χ0v) is 16.7. The van der Waals surface area contributed by atoms with Crippen LogP contribution in [0.5, 0.6) is 5.75 Å². The summed E-state index contributed by atoms with van der Waals surface area (Å²) in [5, 5.41) is 1.10. The van der Waals surface area contributed by atoms with Gasteiger partial charge in [-0.3, -0.25) is 0 Å². The molecule has 2 aliphatic rings. The first-order valence-electron chi connectivity index (χ1n) is 10.0. The van der Waals surface area contributed by atoms with Gasteiger partial charge in [0, 0.05) is 23.5 Å². The molecule has 1 saturated carbocycles. The molecule has 5 rings (SSSR count). The Bertz CT molecular complexity index is 1020. The molecule has 27 heavy (non-hydrogen) atoms. The average molecular weight is 364 g/mol. The monoisotopic (exact) mass is 364 g/mol. The number of H-pyrrole nitrogens is 1. The second-order valence-electron chi connectivity index (χ2n) is 9.53. The number of nitrogens with one attached hydrogen (secondary N) is 1. The Hall–Kier alpha value is -2.30. The first-order valence-corrected chi connectivity index (χ1v) is 10.0. The normalized spacial score (nSPS) is 26.8. The van der Waals surface area contributed by atoms with Crippen LogP contribution in [0, 0.1) is 10.8 Å². The van der Waals surface area contributed by atoms with E-state index in [0.29, 0.717) is 23.5 Å². The number of nitrogens with zero attached hydrogens (tertiary/aromatic N) is 3. The van der Waals surface area contributed by atoms with E-state index in [1.54, 1.807) is 6.33 Å². The third-order valence-corrected chi connectivity index (χ3v) is 6.33. The minimum atomic E-state index is 0.373. The molecule has 1 N–H and O–H groups in total. The molecule has 1 aliphatic heterocycles. The van der Waals surface area contributed by atoms with Gasteiger partial charge in [0.15, 0.2) is 5.82 Å². The van der Waals surface area contributed by atoms with Gasteiger partial charge >= 0.3 is 0 Å². The van der Waals surface area contributed by atoms with Gasteiger partial charge in [-0.2, -0.15) is 0 Å². The number of rotatable bonds is 3. The first-order chi connectivity index (χ1) is 12.9. The average Bonchev–Trinajstić information content (AvgIpc) is 3.08. The maximum Gasteiger partial charge on any atom is 0.156 e. The highest BCUT2D eigenvalue weighted by molar-refractivity contribution is 6.08. The van der Waals surface area contributed by atoms with Crippen LogP contribution in [0.2, 0.25) is 0 Å². The van der Waals surface area contributed by atoms with Gasteiger partial charge in [-0.05, 0) is 55.2 Å². The predicted molar refractivity (Wildman–Crippen MR) is 109 cm³/mol. The molecule has 5 nitrogen and oxygen atoms in total. The SMILES string of the molecule is CCOc1ccc2[nH]c3c(N4C[C@@]5(C)C[C@H]4CC(C)(C)C5)ncnc3c2c1. The highest BCUT2D eigenvalue weighted by atomic mass is 16.5. The number of benzene rings is 1. The first kappa shape index (κ1) is 16.8. The number of ether oxygens (including phenoxy) is 1. The van der Waals surface area contributed by atoms with Crippen molar-refractivity contribution in [3.05, 3.63) is 24.5 Å². The van der Waals surface area contributed by atoms with E-state index in [1.807, 2.05) is 13.0 Å². The zero-order valence-electron chi connectivity index (χ0n) is 16.7. The summed E-state index contributed by atoms with van der Waals surface area (Å²) in [6.45, 7) is 11.0. The molecule has 1 aromatic carbocycles. The molecule has 0 spiro atoms. The summed E-state index contributed by atoms with van der Waals surface area (Å²) < 4.78 is 5.69. The Kier molecular flexibility index (Phi) is 3.49. The lowest BCUT2D eigenvalue weighted by molar-refractivity contribution is 0.136. The third kappa shape index (κ3) is 2.67. The molecule has 2 aromatic heterocycles. The summed E-state index contributed by atoms with van der Waals surface area (Å²) in [7, 11) is 0. The van der Waals surface area contributed by atoms with Crippen molar-refractivity contribution >= 4 is 27.8 Å². The molecule has 2 bridgehead atoms. The van der Waals surface area contributed by atoms with Crippen LogP contribution in [0.25, 0.3) is 21.9 Å². The molecule has 1 saturated heterocycles. The van der Waals surface area contributed by atoms with Gasteiger partial charge in [0.1, 0.15) is 23.1 Å². The van der Waals surface area contributed by atoms with E-state index < -0.39 is 0 Å². The molecule has 2 fully saturated rings. The van der Waals surface area contributed by atoms with E-state index in [0.717, 1.165) is 40.0 Å². The third-order valence-electron chi connectivity index (χ3n) is 6.33. The fourth-order valence-corrected chi connectivity index (χ4v) is 5.84. The lowest BCUT2D eigenvalue weighted by Crippen LogP contribution is -2.35. The van der Waals surface area contributed by atoms with E-state index in [1.165, 1.54) is 19.3 Å². The van der Waals surface area contributed by atoms with Crippen LogP contribution >= 0.6 is 0 Å². The van der Waals surface area contributed by atoms with Crippen molar-refractivity contribution in [2.75, 3.05) is 18.1 Å². The van der Waals surface area contributed by atoms with Crippen molar-refractivity contribution in [1.82, 2.24) is 15.0 Å². The number of fused-ring (bicyclic) bond motifs is 5. The fourth-order valence-electron chi connectivity index (χ4n) is 5.84. The van der Waals surface area contributed by atoms with Crippen LogP contribution in [-0.4, -0.2) is 34.1 Å². The zero-order chi connectivity index (χ0) is 18.8. The van der Waals surface area contributed by atoms with Crippen molar-refractivity contribution in [2.24, 2.45) is 10.8 Å². The Labute approximate surface area is 160 Å². The summed E-state index contributed by atoms with van der Waals surface area (Å²) in [6, 6.07) is 6.74. The lowest BCUT2D eigenvalue weighted by Gasteiger charge is -2.39. The molecule has 5 heteroatoms. The molecule has 2 atom stereocenters. The van der Waals surface area contributed by atoms with Crippen molar-refractivity contribution < 1.29 is 4.74 Å². The summed E-state index contributed by atoms with van der Waals surface area (Å²) in [6.07, 6.45) is 5.49. The number of aromatic amines is 1. The van der Waals surface area contributed by atoms with Gasteiger partial charge in [-0.15, -0.1) is 0 Å². The molecular weight excluding hydrogens is 336 g/mol. The minimum Gasteiger partial charge on any atom is -0.494 e. The fraction of sp³-hybridized carbons (Fsp3) is 0.545. The molecule has 0 unspecified atom stereocenters. The van der Waals surface area contributed by atoms with Gasteiger partial charge in [0.2, 0.25) is 0 Å². The Morgan fingerprint density at radius 2 is 2.07 bits per heavy atom. The van der Waals surface area contributed by atoms with Gasteiger partial charge in [0.05, 0.1) is 6.61 Å². The van der Waals surface area contributed by atoms with Crippen molar-refractivity contribution in [1.29, 1.82) is 0 Å². The topological polar surface area (TPSA) is 54.0 Å².